The highest BCUT2D eigenvalue weighted by Gasteiger charge is 2.10. The normalized spacial score (nSPS) is 12.7. The Hall–Kier alpha value is -1.26. The fourth-order valence-electron chi connectivity index (χ4n) is 1.47. The average molecular weight is 234 g/mol. The van der Waals surface area contributed by atoms with Gasteiger partial charge in [-0.15, -0.1) is 0 Å². The van der Waals surface area contributed by atoms with Gasteiger partial charge >= 0.3 is 0 Å². The molecule has 0 saturated carbocycles. The van der Waals surface area contributed by atoms with E-state index in [9.17, 15) is 5.11 Å². The molecule has 16 heavy (non-hydrogen) atoms. The number of aromatic nitrogens is 2. The molecule has 1 N–H and O–H groups in total. The minimum absolute atomic E-state index is 0.455. The summed E-state index contributed by atoms with van der Waals surface area (Å²) in [6.45, 7) is 1.78. The number of nitrogens with zero attached hydrogens (tertiary/aromatic N) is 2. The summed E-state index contributed by atoms with van der Waals surface area (Å²) in [7, 11) is 1.96. The standard InChI is InChI=1S/C12H14N2OS/c1-9(15)10-5-3-4-6-11(10)16-12-13-7-8-14(12)2/h3-9,15H,1-2H3/t9-/m1/s1. The van der Waals surface area contributed by atoms with E-state index in [1.165, 1.54) is 0 Å². The summed E-state index contributed by atoms with van der Waals surface area (Å²) in [5.41, 5.74) is 0.940. The maximum atomic E-state index is 9.66. The number of aryl methyl sites for hydroxylation is 1. The van der Waals surface area contributed by atoms with Gasteiger partial charge in [-0.1, -0.05) is 30.0 Å². The lowest BCUT2D eigenvalue weighted by Gasteiger charge is -2.10. The molecule has 0 aliphatic heterocycles. The van der Waals surface area contributed by atoms with Crippen LogP contribution in [-0.4, -0.2) is 14.7 Å². The second kappa shape index (κ2) is 4.72. The minimum Gasteiger partial charge on any atom is -0.389 e. The van der Waals surface area contributed by atoms with Crippen LogP contribution >= 0.6 is 11.8 Å². The van der Waals surface area contributed by atoms with Crippen molar-refractivity contribution in [3.63, 3.8) is 0 Å². The average Bonchev–Trinajstić information content (AvgIpc) is 2.65. The maximum absolute atomic E-state index is 9.66. The molecule has 0 unspecified atom stereocenters. The first-order valence-corrected chi connectivity index (χ1v) is 5.92. The van der Waals surface area contributed by atoms with E-state index in [-0.39, 0.29) is 0 Å². The fourth-order valence-corrected chi connectivity index (χ4v) is 2.49. The molecule has 0 aliphatic carbocycles. The number of aliphatic hydroxyl groups is 1. The second-order valence-corrected chi connectivity index (χ2v) is 4.65. The van der Waals surface area contributed by atoms with Crippen LogP contribution in [0.1, 0.15) is 18.6 Å². The van der Waals surface area contributed by atoms with Crippen LogP contribution in [-0.2, 0) is 7.05 Å². The van der Waals surface area contributed by atoms with Crippen LogP contribution in [0.3, 0.4) is 0 Å². The lowest BCUT2D eigenvalue weighted by Crippen LogP contribution is -1.95. The number of imidazole rings is 1. The molecule has 0 saturated heterocycles. The molecule has 1 heterocycles. The molecule has 0 aliphatic rings. The molecular formula is C12H14N2OS. The summed E-state index contributed by atoms with van der Waals surface area (Å²) >= 11 is 1.57. The Morgan fingerprint density at radius 2 is 2.12 bits per heavy atom. The SMILES string of the molecule is C[C@@H](O)c1ccccc1Sc1nccn1C. The highest BCUT2D eigenvalue weighted by Crippen LogP contribution is 2.31. The predicted octanol–water partition coefficient (Wildman–Crippen LogP) is 2.62. The number of hydrogen-bond acceptors (Lipinski definition) is 3. The molecule has 0 bridgehead atoms. The van der Waals surface area contributed by atoms with E-state index < -0.39 is 6.10 Å². The molecule has 2 aromatic rings. The first kappa shape index (κ1) is 11.2. The van der Waals surface area contributed by atoms with Gasteiger partial charge in [0.1, 0.15) is 0 Å². The van der Waals surface area contributed by atoms with Crippen molar-refractivity contribution in [3.8, 4) is 0 Å². The molecule has 0 spiro atoms. The fraction of sp³-hybridized carbons (Fsp3) is 0.250. The Morgan fingerprint density at radius 1 is 1.38 bits per heavy atom. The van der Waals surface area contributed by atoms with Gasteiger partial charge in [0.05, 0.1) is 6.10 Å². The molecule has 0 radical (unpaired) electrons. The van der Waals surface area contributed by atoms with E-state index in [4.69, 9.17) is 0 Å². The van der Waals surface area contributed by atoms with Gasteiger partial charge in [0.25, 0.3) is 0 Å². The van der Waals surface area contributed by atoms with Crippen molar-refractivity contribution in [2.75, 3.05) is 0 Å². The zero-order chi connectivity index (χ0) is 11.5. The molecule has 1 atom stereocenters. The Kier molecular flexibility index (Phi) is 3.31. The van der Waals surface area contributed by atoms with E-state index in [0.717, 1.165) is 15.6 Å². The third-order valence-electron chi connectivity index (χ3n) is 2.35. The van der Waals surface area contributed by atoms with Gasteiger partial charge in [-0.05, 0) is 18.6 Å². The van der Waals surface area contributed by atoms with Gasteiger partial charge in [-0.25, -0.2) is 4.98 Å². The molecule has 0 amide bonds. The van der Waals surface area contributed by atoms with Crippen LogP contribution in [0.15, 0.2) is 46.7 Å². The van der Waals surface area contributed by atoms with Gasteiger partial charge in [-0.3, -0.25) is 0 Å². The summed E-state index contributed by atoms with van der Waals surface area (Å²) in [6.07, 6.45) is 3.23. The molecule has 3 nitrogen and oxygen atoms in total. The highest BCUT2D eigenvalue weighted by molar-refractivity contribution is 7.99. The molecular weight excluding hydrogens is 220 g/mol. The predicted molar refractivity (Wildman–Crippen MR) is 64.4 cm³/mol. The quantitative estimate of drug-likeness (QED) is 0.887. The molecule has 84 valence electrons. The third-order valence-corrected chi connectivity index (χ3v) is 3.51. The molecule has 0 fully saturated rings. The van der Waals surface area contributed by atoms with E-state index in [1.54, 1.807) is 24.9 Å². The summed E-state index contributed by atoms with van der Waals surface area (Å²) in [5.74, 6) is 0. The third kappa shape index (κ3) is 2.28. The van der Waals surface area contributed by atoms with Crippen LogP contribution in [0, 0.1) is 0 Å². The Bertz CT molecular complexity index is 479. The van der Waals surface area contributed by atoms with E-state index in [0.29, 0.717) is 0 Å². The lowest BCUT2D eigenvalue weighted by atomic mass is 10.1. The minimum atomic E-state index is -0.455. The van der Waals surface area contributed by atoms with Crippen LogP contribution in [0.25, 0.3) is 0 Å². The van der Waals surface area contributed by atoms with Crippen LogP contribution in [0.4, 0.5) is 0 Å². The van der Waals surface area contributed by atoms with Crippen LogP contribution in [0.5, 0.6) is 0 Å². The Balaban J connectivity index is 2.31. The summed E-state index contributed by atoms with van der Waals surface area (Å²) < 4.78 is 1.96. The monoisotopic (exact) mass is 234 g/mol. The molecule has 1 aromatic heterocycles. The first-order valence-electron chi connectivity index (χ1n) is 5.10. The topological polar surface area (TPSA) is 38.1 Å². The summed E-state index contributed by atoms with van der Waals surface area (Å²) in [4.78, 5) is 5.30. The van der Waals surface area contributed by atoms with E-state index in [2.05, 4.69) is 4.98 Å². The number of hydrogen-bond donors (Lipinski definition) is 1. The Labute approximate surface area is 99.1 Å². The van der Waals surface area contributed by atoms with Gasteiger partial charge in [0.2, 0.25) is 0 Å². The van der Waals surface area contributed by atoms with Gasteiger partial charge in [-0.2, -0.15) is 0 Å². The van der Waals surface area contributed by atoms with Crippen molar-refractivity contribution in [2.24, 2.45) is 7.05 Å². The zero-order valence-corrected chi connectivity index (χ0v) is 10.1. The van der Waals surface area contributed by atoms with Crippen LogP contribution < -0.4 is 0 Å². The van der Waals surface area contributed by atoms with E-state index >= 15 is 0 Å². The van der Waals surface area contributed by atoms with Crippen molar-refractivity contribution in [1.29, 1.82) is 0 Å². The zero-order valence-electron chi connectivity index (χ0n) is 9.29. The van der Waals surface area contributed by atoms with Crippen molar-refractivity contribution in [1.82, 2.24) is 9.55 Å². The number of aliphatic hydroxyl groups excluding tert-OH is 1. The van der Waals surface area contributed by atoms with Crippen molar-refractivity contribution in [2.45, 2.75) is 23.1 Å². The maximum Gasteiger partial charge on any atom is 0.172 e. The summed E-state index contributed by atoms with van der Waals surface area (Å²) in [6, 6.07) is 7.85. The smallest absolute Gasteiger partial charge is 0.172 e. The highest BCUT2D eigenvalue weighted by atomic mass is 32.2. The molecule has 4 heteroatoms. The molecule has 2 rings (SSSR count). The van der Waals surface area contributed by atoms with Gasteiger partial charge in [0.15, 0.2) is 5.16 Å². The molecule has 1 aromatic carbocycles. The largest absolute Gasteiger partial charge is 0.389 e. The number of rotatable bonds is 3. The van der Waals surface area contributed by atoms with Crippen LogP contribution in [0.2, 0.25) is 0 Å². The Morgan fingerprint density at radius 3 is 2.75 bits per heavy atom. The number of benzene rings is 1. The summed E-state index contributed by atoms with van der Waals surface area (Å²) in [5, 5.41) is 10.6. The van der Waals surface area contributed by atoms with Crippen molar-refractivity contribution in [3.05, 3.63) is 42.2 Å². The van der Waals surface area contributed by atoms with Gasteiger partial charge < -0.3 is 9.67 Å². The first-order chi connectivity index (χ1) is 7.68. The van der Waals surface area contributed by atoms with Crippen molar-refractivity contribution < 1.29 is 5.11 Å². The van der Waals surface area contributed by atoms with Crippen molar-refractivity contribution >= 4 is 11.8 Å². The lowest BCUT2D eigenvalue weighted by molar-refractivity contribution is 0.196. The second-order valence-electron chi connectivity index (χ2n) is 3.64. The van der Waals surface area contributed by atoms with Gasteiger partial charge in [0, 0.05) is 24.3 Å². The van der Waals surface area contributed by atoms with E-state index in [1.807, 2.05) is 42.1 Å².